The van der Waals surface area contributed by atoms with Crippen molar-refractivity contribution in [1.82, 2.24) is 9.55 Å². The Kier molecular flexibility index (Phi) is 4.47. The van der Waals surface area contributed by atoms with E-state index in [4.69, 9.17) is 15.5 Å². The highest BCUT2D eigenvalue weighted by molar-refractivity contribution is 5.36. The first-order valence-corrected chi connectivity index (χ1v) is 7.09. The third-order valence-corrected chi connectivity index (χ3v) is 3.89. The van der Waals surface area contributed by atoms with Gasteiger partial charge in [0.25, 0.3) is 0 Å². The van der Waals surface area contributed by atoms with Gasteiger partial charge in [0.1, 0.15) is 0 Å². The number of imidazole rings is 1. The predicted molar refractivity (Wildman–Crippen MR) is 77.6 cm³/mol. The fraction of sp³-hybridized carbons (Fsp3) is 0.786. The van der Waals surface area contributed by atoms with Gasteiger partial charge in [0, 0.05) is 31.9 Å². The maximum atomic E-state index is 6.04. The molecule has 0 aromatic carbocycles. The summed E-state index contributed by atoms with van der Waals surface area (Å²) in [4.78, 5) is 7.08. The highest BCUT2D eigenvalue weighted by atomic mass is 16.5. The smallest absolute Gasteiger partial charge is 0.206 e. The van der Waals surface area contributed by atoms with Gasteiger partial charge in [-0.25, -0.2) is 4.98 Å². The van der Waals surface area contributed by atoms with Gasteiger partial charge in [0.05, 0.1) is 18.3 Å². The molecule has 1 aliphatic heterocycles. The molecule has 0 spiro atoms. The molecule has 2 N–H and O–H groups in total. The summed E-state index contributed by atoms with van der Waals surface area (Å²) in [6.07, 6.45) is 4.18. The van der Waals surface area contributed by atoms with Crippen LogP contribution in [-0.4, -0.2) is 41.9 Å². The molecule has 1 fully saturated rings. The number of nitrogens with two attached hydrogens (primary N) is 1. The Morgan fingerprint density at radius 1 is 1.58 bits per heavy atom. The number of piperidine rings is 1. The van der Waals surface area contributed by atoms with Crippen LogP contribution in [0.25, 0.3) is 0 Å². The van der Waals surface area contributed by atoms with Crippen molar-refractivity contribution in [2.24, 2.45) is 5.73 Å². The molecule has 3 atom stereocenters. The van der Waals surface area contributed by atoms with Gasteiger partial charge >= 0.3 is 0 Å². The minimum Gasteiger partial charge on any atom is -0.383 e. The van der Waals surface area contributed by atoms with Crippen LogP contribution < -0.4 is 10.6 Å². The summed E-state index contributed by atoms with van der Waals surface area (Å²) < 4.78 is 7.49. The van der Waals surface area contributed by atoms with Gasteiger partial charge in [-0.15, -0.1) is 0 Å². The molecule has 1 aromatic rings. The largest absolute Gasteiger partial charge is 0.383 e. The number of hydrogen-bond acceptors (Lipinski definition) is 4. The summed E-state index contributed by atoms with van der Waals surface area (Å²) in [7, 11) is 1.74. The number of anilines is 1. The number of aromatic nitrogens is 2. The van der Waals surface area contributed by atoms with Gasteiger partial charge in [0.15, 0.2) is 0 Å². The molecule has 0 saturated carbocycles. The molecule has 0 aliphatic carbocycles. The average Bonchev–Trinajstić information content (AvgIpc) is 2.71. The van der Waals surface area contributed by atoms with E-state index in [0.29, 0.717) is 24.7 Å². The topological polar surface area (TPSA) is 56.3 Å². The second-order valence-electron chi connectivity index (χ2n) is 5.72. The number of nitrogens with zero attached hydrogens (tertiary/aromatic N) is 3. The second-order valence-corrected chi connectivity index (χ2v) is 5.72. The molecule has 3 unspecified atom stereocenters. The standard InChI is InChI=1S/C14H26N4O/c1-10-8-18(12(3)9-19-4)14(16-10)17-6-5-13(15)7-11(17)2/h8,11-13H,5-7,9,15H2,1-4H3. The number of hydrogen-bond donors (Lipinski definition) is 1. The predicted octanol–water partition coefficient (Wildman–Crippen LogP) is 1.71. The molecule has 0 bridgehead atoms. The summed E-state index contributed by atoms with van der Waals surface area (Å²) in [5.74, 6) is 1.06. The average molecular weight is 266 g/mol. The highest BCUT2D eigenvalue weighted by Crippen LogP contribution is 2.26. The Morgan fingerprint density at radius 3 is 2.95 bits per heavy atom. The molecule has 5 nitrogen and oxygen atoms in total. The lowest BCUT2D eigenvalue weighted by Crippen LogP contribution is -2.46. The molecule has 1 saturated heterocycles. The number of ether oxygens (including phenoxy) is 1. The number of aryl methyl sites for hydroxylation is 1. The molecule has 0 amide bonds. The van der Waals surface area contributed by atoms with Crippen molar-refractivity contribution in [3.63, 3.8) is 0 Å². The van der Waals surface area contributed by atoms with E-state index in [1.54, 1.807) is 7.11 Å². The van der Waals surface area contributed by atoms with Crippen LogP contribution in [0.5, 0.6) is 0 Å². The third-order valence-electron chi connectivity index (χ3n) is 3.89. The molecule has 0 radical (unpaired) electrons. The van der Waals surface area contributed by atoms with Crippen molar-refractivity contribution in [3.05, 3.63) is 11.9 Å². The summed E-state index contributed by atoms with van der Waals surface area (Å²) in [5.41, 5.74) is 7.10. The lowest BCUT2D eigenvalue weighted by Gasteiger charge is -2.37. The van der Waals surface area contributed by atoms with Crippen LogP contribution in [0.4, 0.5) is 5.95 Å². The van der Waals surface area contributed by atoms with Crippen molar-refractivity contribution in [3.8, 4) is 0 Å². The SMILES string of the molecule is COCC(C)n1cc(C)nc1N1CCC(N)CC1C. The molecule has 19 heavy (non-hydrogen) atoms. The molecule has 1 aromatic heterocycles. The van der Waals surface area contributed by atoms with E-state index in [1.807, 2.05) is 6.92 Å². The minimum atomic E-state index is 0.295. The first-order chi connectivity index (χ1) is 9.02. The van der Waals surface area contributed by atoms with E-state index in [-0.39, 0.29) is 0 Å². The number of rotatable bonds is 4. The van der Waals surface area contributed by atoms with E-state index in [9.17, 15) is 0 Å². The molecule has 2 rings (SSSR count). The van der Waals surface area contributed by atoms with Gasteiger partial charge in [-0.05, 0) is 33.6 Å². The molecular formula is C14H26N4O. The van der Waals surface area contributed by atoms with E-state index in [0.717, 1.165) is 31.0 Å². The maximum absolute atomic E-state index is 6.04. The van der Waals surface area contributed by atoms with Crippen molar-refractivity contribution < 1.29 is 4.74 Å². The fourth-order valence-corrected chi connectivity index (χ4v) is 2.87. The van der Waals surface area contributed by atoms with E-state index >= 15 is 0 Å². The van der Waals surface area contributed by atoms with Gasteiger partial charge in [-0.1, -0.05) is 0 Å². The van der Waals surface area contributed by atoms with Crippen molar-refractivity contribution >= 4 is 5.95 Å². The zero-order chi connectivity index (χ0) is 14.0. The normalized spacial score (nSPS) is 25.6. The molecular weight excluding hydrogens is 240 g/mol. The Bertz CT molecular complexity index is 418. The molecule has 2 heterocycles. The highest BCUT2D eigenvalue weighted by Gasteiger charge is 2.27. The summed E-state index contributed by atoms with van der Waals surface area (Å²) in [6.45, 7) is 8.12. The van der Waals surface area contributed by atoms with Crippen molar-refractivity contribution in [2.75, 3.05) is 25.2 Å². The zero-order valence-corrected chi connectivity index (χ0v) is 12.5. The molecule has 1 aliphatic rings. The Morgan fingerprint density at radius 2 is 2.32 bits per heavy atom. The van der Waals surface area contributed by atoms with Crippen LogP contribution in [0, 0.1) is 6.92 Å². The van der Waals surface area contributed by atoms with Crippen LogP contribution in [0.2, 0.25) is 0 Å². The van der Waals surface area contributed by atoms with E-state index in [1.165, 1.54) is 0 Å². The van der Waals surface area contributed by atoms with Crippen LogP contribution in [-0.2, 0) is 4.74 Å². The second kappa shape index (κ2) is 5.92. The molecule has 108 valence electrons. The summed E-state index contributed by atoms with van der Waals surface area (Å²) >= 11 is 0. The molecule has 5 heteroatoms. The maximum Gasteiger partial charge on any atom is 0.206 e. The third kappa shape index (κ3) is 3.09. The lowest BCUT2D eigenvalue weighted by atomic mass is 10.00. The number of methoxy groups -OCH3 is 1. The van der Waals surface area contributed by atoms with Gasteiger partial charge in [-0.2, -0.15) is 0 Å². The lowest BCUT2D eigenvalue weighted by molar-refractivity contribution is 0.162. The van der Waals surface area contributed by atoms with E-state index < -0.39 is 0 Å². The van der Waals surface area contributed by atoms with Crippen LogP contribution in [0.1, 0.15) is 38.4 Å². The van der Waals surface area contributed by atoms with Gasteiger partial charge in [0.2, 0.25) is 5.95 Å². The first kappa shape index (κ1) is 14.3. The minimum absolute atomic E-state index is 0.295. The Labute approximate surface area is 115 Å². The monoisotopic (exact) mass is 266 g/mol. The van der Waals surface area contributed by atoms with Crippen molar-refractivity contribution in [2.45, 2.75) is 51.7 Å². The van der Waals surface area contributed by atoms with Crippen molar-refractivity contribution in [1.29, 1.82) is 0 Å². The Balaban J connectivity index is 2.23. The first-order valence-electron chi connectivity index (χ1n) is 7.09. The van der Waals surface area contributed by atoms with Crippen LogP contribution in [0.3, 0.4) is 0 Å². The van der Waals surface area contributed by atoms with Crippen LogP contribution in [0.15, 0.2) is 6.20 Å². The van der Waals surface area contributed by atoms with E-state index in [2.05, 4.69) is 29.5 Å². The summed E-state index contributed by atoms with van der Waals surface area (Å²) in [6, 6.07) is 1.07. The quantitative estimate of drug-likeness (QED) is 0.901. The fourth-order valence-electron chi connectivity index (χ4n) is 2.87. The van der Waals surface area contributed by atoms with Gasteiger partial charge in [-0.3, -0.25) is 0 Å². The summed E-state index contributed by atoms with van der Waals surface area (Å²) in [5, 5.41) is 0. The zero-order valence-electron chi connectivity index (χ0n) is 12.5. The van der Waals surface area contributed by atoms with Gasteiger partial charge < -0.3 is 19.9 Å². The van der Waals surface area contributed by atoms with Crippen LogP contribution >= 0.6 is 0 Å². The Hall–Kier alpha value is -1.07.